The molecule has 0 aromatic heterocycles. The van der Waals surface area contributed by atoms with Crippen molar-refractivity contribution in [2.24, 2.45) is 0 Å². The Hall–Kier alpha value is -1.14. The first-order valence-corrected chi connectivity index (χ1v) is 5.89. The lowest BCUT2D eigenvalue weighted by Gasteiger charge is -2.35. The fraction of sp³-hybridized carbons (Fsp3) is 0.818. The predicted octanol–water partition coefficient (Wildman–Crippen LogP) is -1.04. The maximum Gasteiger partial charge on any atom is 0.249 e. The summed E-state index contributed by atoms with van der Waals surface area (Å²) >= 11 is 0. The fourth-order valence-electron chi connectivity index (χ4n) is 1.72. The molecular formula is C11H21N3O3. The number of carbonyl (C=O) groups excluding carboxylic acids is 2. The number of hydrogen-bond acceptors (Lipinski definition) is 4. The summed E-state index contributed by atoms with van der Waals surface area (Å²) in [6.07, 6.45) is 0.0142. The molecule has 0 saturated carbocycles. The van der Waals surface area contributed by atoms with Crippen LogP contribution in [-0.2, 0) is 14.3 Å². The Morgan fingerprint density at radius 3 is 2.82 bits per heavy atom. The van der Waals surface area contributed by atoms with Crippen molar-refractivity contribution >= 4 is 11.8 Å². The summed E-state index contributed by atoms with van der Waals surface area (Å²) in [6.45, 7) is 5.53. The van der Waals surface area contributed by atoms with Gasteiger partial charge in [-0.2, -0.15) is 0 Å². The third-order valence-corrected chi connectivity index (χ3v) is 2.65. The minimum atomic E-state index is -0.433. The number of likely N-dealkylation sites (N-methyl/N-ethyl adjacent to an activating group) is 1. The maximum absolute atomic E-state index is 11.9. The Labute approximate surface area is 102 Å². The molecule has 0 spiro atoms. The van der Waals surface area contributed by atoms with Crippen LogP contribution < -0.4 is 10.6 Å². The van der Waals surface area contributed by atoms with Gasteiger partial charge >= 0.3 is 0 Å². The zero-order valence-corrected chi connectivity index (χ0v) is 10.7. The molecule has 0 aliphatic carbocycles. The van der Waals surface area contributed by atoms with Crippen LogP contribution in [0.5, 0.6) is 0 Å². The van der Waals surface area contributed by atoms with Crippen LogP contribution in [-0.4, -0.2) is 62.1 Å². The SMILES string of the molecule is CNC(=O)C1CNCCN1C(=O)COC(C)C. The predicted molar refractivity (Wildman–Crippen MR) is 63.5 cm³/mol. The van der Waals surface area contributed by atoms with Crippen molar-refractivity contribution in [1.29, 1.82) is 0 Å². The molecule has 1 aliphatic rings. The number of piperazine rings is 1. The van der Waals surface area contributed by atoms with Crippen molar-refractivity contribution in [2.45, 2.75) is 26.0 Å². The van der Waals surface area contributed by atoms with E-state index in [4.69, 9.17) is 4.74 Å². The summed E-state index contributed by atoms with van der Waals surface area (Å²) in [7, 11) is 1.57. The lowest BCUT2D eigenvalue weighted by atomic mass is 10.1. The molecule has 98 valence electrons. The Bertz CT molecular complexity index is 281. The highest BCUT2D eigenvalue weighted by molar-refractivity contribution is 5.88. The summed E-state index contributed by atoms with van der Waals surface area (Å²) in [5, 5.41) is 5.68. The van der Waals surface area contributed by atoms with Gasteiger partial charge in [0.2, 0.25) is 11.8 Å². The Balaban J connectivity index is 2.58. The number of nitrogens with zero attached hydrogens (tertiary/aromatic N) is 1. The number of carbonyl (C=O) groups is 2. The zero-order valence-electron chi connectivity index (χ0n) is 10.7. The van der Waals surface area contributed by atoms with E-state index in [1.54, 1.807) is 11.9 Å². The molecule has 0 bridgehead atoms. The molecular weight excluding hydrogens is 222 g/mol. The number of ether oxygens (including phenoxy) is 1. The highest BCUT2D eigenvalue weighted by Gasteiger charge is 2.31. The molecule has 2 amide bonds. The molecule has 1 atom stereocenters. The summed E-state index contributed by atoms with van der Waals surface area (Å²) < 4.78 is 5.28. The van der Waals surface area contributed by atoms with E-state index in [1.165, 1.54) is 0 Å². The molecule has 0 aromatic carbocycles. The number of amides is 2. The van der Waals surface area contributed by atoms with Crippen LogP contribution in [0.25, 0.3) is 0 Å². The number of nitrogens with one attached hydrogen (secondary N) is 2. The van der Waals surface area contributed by atoms with E-state index in [-0.39, 0.29) is 24.5 Å². The maximum atomic E-state index is 11.9. The number of hydrogen-bond donors (Lipinski definition) is 2. The molecule has 1 saturated heterocycles. The van der Waals surface area contributed by atoms with Crippen molar-refractivity contribution in [1.82, 2.24) is 15.5 Å². The summed E-state index contributed by atoms with van der Waals surface area (Å²) in [4.78, 5) is 25.1. The van der Waals surface area contributed by atoms with Crippen molar-refractivity contribution in [3.63, 3.8) is 0 Å². The third-order valence-electron chi connectivity index (χ3n) is 2.65. The van der Waals surface area contributed by atoms with Gasteiger partial charge in [0.05, 0.1) is 6.10 Å². The smallest absolute Gasteiger partial charge is 0.249 e. The largest absolute Gasteiger partial charge is 0.369 e. The van der Waals surface area contributed by atoms with Crippen LogP contribution in [0.2, 0.25) is 0 Å². The lowest BCUT2D eigenvalue weighted by Crippen LogP contribution is -2.59. The van der Waals surface area contributed by atoms with Gasteiger partial charge in [-0.05, 0) is 13.8 Å². The Kier molecular flexibility index (Phi) is 5.37. The number of rotatable bonds is 4. The van der Waals surface area contributed by atoms with Gasteiger partial charge in [0.25, 0.3) is 0 Å². The van der Waals surface area contributed by atoms with E-state index in [1.807, 2.05) is 13.8 Å². The monoisotopic (exact) mass is 243 g/mol. The molecule has 0 radical (unpaired) electrons. The molecule has 17 heavy (non-hydrogen) atoms. The van der Waals surface area contributed by atoms with Crippen molar-refractivity contribution < 1.29 is 14.3 Å². The Morgan fingerprint density at radius 2 is 2.24 bits per heavy atom. The minimum absolute atomic E-state index is 0.0142. The third kappa shape index (κ3) is 3.98. The lowest BCUT2D eigenvalue weighted by molar-refractivity contribution is -0.146. The van der Waals surface area contributed by atoms with Gasteiger partial charge < -0.3 is 20.3 Å². The molecule has 1 unspecified atom stereocenters. The van der Waals surface area contributed by atoms with E-state index in [9.17, 15) is 9.59 Å². The first kappa shape index (κ1) is 13.9. The second-order valence-electron chi connectivity index (χ2n) is 4.28. The van der Waals surface area contributed by atoms with Gasteiger partial charge in [-0.25, -0.2) is 0 Å². The molecule has 0 aromatic rings. The van der Waals surface area contributed by atoms with Gasteiger partial charge in [0, 0.05) is 26.7 Å². The first-order chi connectivity index (χ1) is 8.06. The van der Waals surface area contributed by atoms with Crippen LogP contribution in [0.15, 0.2) is 0 Å². The second-order valence-corrected chi connectivity index (χ2v) is 4.28. The van der Waals surface area contributed by atoms with E-state index >= 15 is 0 Å². The molecule has 1 rings (SSSR count). The molecule has 1 fully saturated rings. The highest BCUT2D eigenvalue weighted by Crippen LogP contribution is 2.05. The van der Waals surface area contributed by atoms with Gasteiger partial charge in [-0.15, -0.1) is 0 Å². The normalized spacial score (nSPS) is 20.5. The topological polar surface area (TPSA) is 70.7 Å². The Morgan fingerprint density at radius 1 is 1.53 bits per heavy atom. The summed E-state index contributed by atoms with van der Waals surface area (Å²) in [6, 6.07) is -0.433. The average molecular weight is 243 g/mol. The molecule has 1 heterocycles. The zero-order chi connectivity index (χ0) is 12.8. The van der Waals surface area contributed by atoms with Gasteiger partial charge in [-0.1, -0.05) is 0 Å². The summed E-state index contributed by atoms with van der Waals surface area (Å²) in [5.41, 5.74) is 0. The molecule has 2 N–H and O–H groups in total. The van der Waals surface area contributed by atoms with E-state index in [0.29, 0.717) is 19.6 Å². The van der Waals surface area contributed by atoms with Gasteiger partial charge in [0.15, 0.2) is 0 Å². The first-order valence-electron chi connectivity index (χ1n) is 5.89. The quantitative estimate of drug-likeness (QED) is 0.661. The van der Waals surface area contributed by atoms with E-state index < -0.39 is 6.04 Å². The molecule has 6 heteroatoms. The van der Waals surface area contributed by atoms with Crippen LogP contribution in [0, 0.1) is 0 Å². The van der Waals surface area contributed by atoms with Crippen molar-refractivity contribution in [3.8, 4) is 0 Å². The van der Waals surface area contributed by atoms with Gasteiger partial charge in [-0.3, -0.25) is 9.59 Å². The minimum Gasteiger partial charge on any atom is -0.369 e. The van der Waals surface area contributed by atoms with Crippen molar-refractivity contribution in [3.05, 3.63) is 0 Å². The van der Waals surface area contributed by atoms with Crippen LogP contribution in [0.3, 0.4) is 0 Å². The van der Waals surface area contributed by atoms with E-state index in [0.717, 1.165) is 0 Å². The average Bonchev–Trinajstić information content (AvgIpc) is 2.34. The standard InChI is InChI=1S/C11H21N3O3/c1-8(2)17-7-10(15)14-5-4-13-6-9(14)11(16)12-3/h8-9,13H,4-7H2,1-3H3,(H,12,16). The van der Waals surface area contributed by atoms with Crippen LogP contribution in [0.1, 0.15) is 13.8 Å². The highest BCUT2D eigenvalue weighted by atomic mass is 16.5. The van der Waals surface area contributed by atoms with E-state index in [2.05, 4.69) is 10.6 Å². The van der Waals surface area contributed by atoms with Crippen molar-refractivity contribution in [2.75, 3.05) is 33.3 Å². The van der Waals surface area contributed by atoms with Crippen LogP contribution >= 0.6 is 0 Å². The van der Waals surface area contributed by atoms with Crippen LogP contribution in [0.4, 0.5) is 0 Å². The molecule has 6 nitrogen and oxygen atoms in total. The summed E-state index contributed by atoms with van der Waals surface area (Å²) in [5.74, 6) is -0.274. The fourth-order valence-corrected chi connectivity index (χ4v) is 1.72. The van der Waals surface area contributed by atoms with Gasteiger partial charge in [0.1, 0.15) is 12.6 Å². The second kappa shape index (κ2) is 6.56. The molecule has 1 aliphatic heterocycles.